The average molecular weight is 591 g/mol. The fraction of sp³-hybridized carbons (Fsp3) is 0.457. The molecule has 2 atom stereocenters. The van der Waals surface area contributed by atoms with Gasteiger partial charge in [-0.3, -0.25) is 4.79 Å². The molecule has 1 amide bonds. The first-order chi connectivity index (χ1) is 21.0. The molecule has 0 aromatic heterocycles. The highest BCUT2D eigenvalue weighted by atomic mass is 16.5. The maximum Gasteiger partial charge on any atom is 0.253 e. The second-order valence-electron chi connectivity index (χ2n) is 11.0. The number of hydrogen-bond donors (Lipinski definition) is 1. The number of amides is 1. The molecule has 8 heteroatoms. The molecular formula is C35H46N2O6. The Morgan fingerprint density at radius 1 is 0.977 bits per heavy atom. The molecule has 2 unspecified atom stereocenters. The third-order valence-electron chi connectivity index (χ3n) is 7.86. The van der Waals surface area contributed by atoms with E-state index in [4.69, 9.17) is 23.7 Å². The Kier molecular flexibility index (Phi) is 12.9. The van der Waals surface area contributed by atoms with Gasteiger partial charge >= 0.3 is 0 Å². The molecule has 0 spiro atoms. The van der Waals surface area contributed by atoms with Crippen LogP contribution in [0.1, 0.15) is 51.4 Å². The molecule has 1 aliphatic heterocycles. The van der Waals surface area contributed by atoms with Crippen LogP contribution in [0.3, 0.4) is 0 Å². The number of carbonyl (C=O) groups excluding carboxylic acids is 1. The van der Waals surface area contributed by atoms with Gasteiger partial charge in [-0.15, -0.1) is 0 Å². The number of benzene rings is 3. The number of hydrogen-bond acceptors (Lipinski definition) is 7. The molecule has 3 aromatic rings. The molecule has 1 aliphatic rings. The lowest BCUT2D eigenvalue weighted by molar-refractivity contribution is 0.0106. The third-order valence-corrected chi connectivity index (χ3v) is 7.86. The number of rotatable bonds is 16. The molecular weight excluding hydrogens is 544 g/mol. The lowest BCUT2D eigenvalue weighted by atomic mass is 9.87. The van der Waals surface area contributed by atoms with Crippen molar-refractivity contribution >= 4 is 5.91 Å². The summed E-state index contributed by atoms with van der Waals surface area (Å²) >= 11 is 0. The van der Waals surface area contributed by atoms with Crippen LogP contribution in [0.15, 0.2) is 66.7 Å². The number of nitrogens with one attached hydrogen (secondary N) is 1. The van der Waals surface area contributed by atoms with Gasteiger partial charge in [-0.2, -0.15) is 0 Å². The van der Waals surface area contributed by atoms with E-state index in [-0.39, 0.29) is 17.9 Å². The number of ether oxygens (including phenoxy) is 5. The minimum atomic E-state index is -0.00343. The van der Waals surface area contributed by atoms with Crippen molar-refractivity contribution in [1.82, 2.24) is 10.2 Å². The quantitative estimate of drug-likeness (QED) is 0.225. The summed E-state index contributed by atoms with van der Waals surface area (Å²) < 4.78 is 28.7. The number of para-hydroxylation sites is 1. The Bertz CT molecular complexity index is 1280. The summed E-state index contributed by atoms with van der Waals surface area (Å²) in [5, 5.41) is 3.48. The average Bonchev–Trinajstić information content (AvgIpc) is 3.05. The van der Waals surface area contributed by atoms with E-state index in [0.717, 1.165) is 54.1 Å². The van der Waals surface area contributed by atoms with Crippen LogP contribution in [0.5, 0.6) is 11.5 Å². The Labute approximate surface area is 256 Å². The Hall–Kier alpha value is -3.43. The molecule has 8 nitrogen and oxygen atoms in total. The Balaban J connectivity index is 1.25. The fourth-order valence-corrected chi connectivity index (χ4v) is 5.28. The highest BCUT2D eigenvalue weighted by molar-refractivity contribution is 5.95. The zero-order valence-corrected chi connectivity index (χ0v) is 26.0. The molecule has 4 rings (SSSR count). The summed E-state index contributed by atoms with van der Waals surface area (Å²) in [6.07, 6.45) is 1.83. The lowest BCUT2D eigenvalue weighted by Crippen LogP contribution is -2.41. The summed E-state index contributed by atoms with van der Waals surface area (Å²) in [7, 11) is 5.12. The molecule has 1 saturated heterocycles. The van der Waals surface area contributed by atoms with Gasteiger partial charge in [-0.05, 0) is 60.8 Å². The van der Waals surface area contributed by atoms with Crippen molar-refractivity contribution in [1.29, 1.82) is 0 Å². The van der Waals surface area contributed by atoms with E-state index in [0.29, 0.717) is 45.1 Å². The predicted octanol–water partition coefficient (Wildman–Crippen LogP) is 5.37. The monoisotopic (exact) mass is 590 g/mol. The molecule has 0 bridgehead atoms. The van der Waals surface area contributed by atoms with Crippen LogP contribution in [0, 0.1) is 6.92 Å². The maximum atomic E-state index is 13.0. The van der Waals surface area contributed by atoms with Crippen LogP contribution in [0.4, 0.5) is 0 Å². The van der Waals surface area contributed by atoms with E-state index in [1.807, 2.05) is 61.5 Å². The van der Waals surface area contributed by atoms with Gasteiger partial charge < -0.3 is 33.9 Å². The van der Waals surface area contributed by atoms with Crippen molar-refractivity contribution < 1.29 is 28.5 Å². The van der Waals surface area contributed by atoms with Gasteiger partial charge in [0, 0.05) is 50.7 Å². The molecule has 1 fully saturated rings. The third kappa shape index (κ3) is 9.53. The zero-order chi connectivity index (χ0) is 30.4. The molecule has 0 radical (unpaired) electrons. The fourth-order valence-electron chi connectivity index (χ4n) is 5.28. The minimum Gasteiger partial charge on any atom is -0.496 e. The van der Waals surface area contributed by atoms with Crippen LogP contribution in [0.25, 0.3) is 0 Å². The maximum absolute atomic E-state index is 13.0. The largest absolute Gasteiger partial charge is 0.496 e. The van der Waals surface area contributed by atoms with E-state index in [9.17, 15) is 4.79 Å². The number of likely N-dealkylation sites (N-methyl/N-ethyl adjacent to an activating group) is 1. The summed E-state index contributed by atoms with van der Waals surface area (Å²) in [4.78, 5) is 14.7. The number of methoxy groups -OCH3 is 2. The molecule has 232 valence electrons. The van der Waals surface area contributed by atoms with Gasteiger partial charge in [0.05, 0.1) is 46.2 Å². The Morgan fingerprint density at radius 2 is 1.79 bits per heavy atom. The van der Waals surface area contributed by atoms with Crippen LogP contribution in [-0.2, 0) is 27.4 Å². The summed E-state index contributed by atoms with van der Waals surface area (Å²) in [6, 6.07) is 22.3. The van der Waals surface area contributed by atoms with Crippen LogP contribution in [0.2, 0.25) is 0 Å². The number of aryl methyl sites for hydroxylation is 1. The second-order valence-corrected chi connectivity index (χ2v) is 11.0. The van der Waals surface area contributed by atoms with Crippen molar-refractivity contribution in [2.45, 2.75) is 45.0 Å². The number of nitrogens with zero attached hydrogens (tertiary/aromatic N) is 1. The summed E-state index contributed by atoms with van der Waals surface area (Å²) in [5.41, 5.74) is 4.95. The topological polar surface area (TPSA) is 78.5 Å². The Morgan fingerprint density at radius 3 is 2.58 bits per heavy atom. The highest BCUT2D eigenvalue weighted by Gasteiger charge is 2.27. The molecule has 3 aromatic carbocycles. The lowest BCUT2D eigenvalue weighted by Gasteiger charge is -2.32. The molecule has 1 heterocycles. The van der Waals surface area contributed by atoms with Gasteiger partial charge in [-0.1, -0.05) is 42.5 Å². The van der Waals surface area contributed by atoms with Crippen molar-refractivity contribution in [3.63, 3.8) is 0 Å². The SMILES string of the molecule is COCCN(C)C(=O)c1cc(COC2CNCCC2c2ccc(OCCCOCc3ccccc3OC)cc2)ccc1C. The van der Waals surface area contributed by atoms with Crippen LogP contribution >= 0.6 is 0 Å². The summed E-state index contributed by atoms with van der Waals surface area (Å²) in [5.74, 6) is 1.98. The van der Waals surface area contributed by atoms with Gasteiger partial charge in [0.2, 0.25) is 0 Å². The smallest absolute Gasteiger partial charge is 0.253 e. The normalized spacial score (nSPS) is 16.6. The molecule has 0 saturated carbocycles. The summed E-state index contributed by atoms with van der Waals surface area (Å²) in [6.45, 7) is 6.94. The number of piperidine rings is 1. The zero-order valence-electron chi connectivity index (χ0n) is 26.0. The van der Waals surface area contributed by atoms with Crippen molar-refractivity contribution in [2.75, 3.05) is 60.7 Å². The van der Waals surface area contributed by atoms with Gasteiger partial charge in [0.25, 0.3) is 5.91 Å². The van der Waals surface area contributed by atoms with E-state index < -0.39 is 0 Å². The predicted molar refractivity (Wildman–Crippen MR) is 168 cm³/mol. The number of carbonyl (C=O) groups is 1. The molecule has 43 heavy (non-hydrogen) atoms. The molecule has 1 N–H and O–H groups in total. The van der Waals surface area contributed by atoms with Crippen molar-refractivity contribution in [3.05, 3.63) is 94.5 Å². The highest BCUT2D eigenvalue weighted by Crippen LogP contribution is 2.30. The van der Waals surface area contributed by atoms with Crippen LogP contribution < -0.4 is 14.8 Å². The van der Waals surface area contributed by atoms with Crippen molar-refractivity contribution in [3.8, 4) is 11.5 Å². The minimum absolute atomic E-state index is 0.00343. The van der Waals surface area contributed by atoms with Gasteiger partial charge in [0.1, 0.15) is 11.5 Å². The van der Waals surface area contributed by atoms with Crippen LogP contribution in [-0.4, -0.2) is 77.6 Å². The first-order valence-electron chi connectivity index (χ1n) is 15.1. The van der Waals surface area contributed by atoms with E-state index in [2.05, 4.69) is 17.4 Å². The van der Waals surface area contributed by atoms with Gasteiger partial charge in [-0.25, -0.2) is 0 Å². The first kappa shape index (κ1) is 32.5. The van der Waals surface area contributed by atoms with E-state index in [1.165, 1.54) is 5.56 Å². The molecule has 0 aliphatic carbocycles. The van der Waals surface area contributed by atoms with Gasteiger partial charge in [0.15, 0.2) is 0 Å². The van der Waals surface area contributed by atoms with Crippen molar-refractivity contribution in [2.24, 2.45) is 0 Å². The van der Waals surface area contributed by atoms with E-state index in [1.54, 1.807) is 26.2 Å². The first-order valence-corrected chi connectivity index (χ1v) is 15.1. The standard InChI is InChI=1S/C35H46N2O6/c1-26-10-11-27(22-32(26)35(38)37(2)18-21-39-3)24-43-34-23-36-17-16-31(34)28-12-14-30(15-13-28)42-20-7-19-41-25-29-8-5-6-9-33(29)40-4/h5-6,8-15,22,31,34,36H,7,16-21,23-25H2,1-4H3. The van der Waals surface area contributed by atoms with E-state index >= 15 is 0 Å². The second kappa shape index (κ2) is 17.0.